The third kappa shape index (κ3) is 1.46. The van der Waals surface area contributed by atoms with E-state index in [-0.39, 0.29) is 0 Å². The Labute approximate surface area is 78.4 Å². The van der Waals surface area contributed by atoms with Crippen molar-refractivity contribution in [2.24, 2.45) is 7.05 Å². The summed E-state index contributed by atoms with van der Waals surface area (Å²) >= 11 is 0. The average Bonchev–Trinajstić information content (AvgIpc) is 2.29. The van der Waals surface area contributed by atoms with Crippen molar-refractivity contribution in [3.63, 3.8) is 0 Å². The Morgan fingerprint density at radius 1 is 1.46 bits per heavy atom. The highest BCUT2D eigenvalue weighted by Gasteiger charge is 2.24. The van der Waals surface area contributed by atoms with Crippen LogP contribution >= 0.6 is 0 Å². The molecule has 4 nitrogen and oxygen atoms in total. The Hall–Kier alpha value is -0.900. The molecule has 0 aromatic carbocycles. The van der Waals surface area contributed by atoms with E-state index < -0.39 is 0 Å². The Morgan fingerprint density at radius 3 is 2.54 bits per heavy atom. The van der Waals surface area contributed by atoms with E-state index in [9.17, 15) is 0 Å². The zero-order valence-electron chi connectivity index (χ0n) is 8.41. The standard InChI is InChI=1S/C9H16N4/c1-6(2)8-11-9(13(3)12-8)7-4-10-5-7/h6-7,10H,4-5H2,1-3H3. The van der Waals surface area contributed by atoms with Crippen LogP contribution in [0.4, 0.5) is 0 Å². The van der Waals surface area contributed by atoms with Crippen LogP contribution in [0, 0.1) is 0 Å². The number of hydrogen-bond acceptors (Lipinski definition) is 3. The zero-order chi connectivity index (χ0) is 9.42. The number of aromatic nitrogens is 3. The quantitative estimate of drug-likeness (QED) is 0.725. The van der Waals surface area contributed by atoms with Crippen molar-refractivity contribution in [2.45, 2.75) is 25.7 Å². The second-order valence-corrected chi connectivity index (χ2v) is 3.96. The molecule has 0 radical (unpaired) electrons. The van der Waals surface area contributed by atoms with Gasteiger partial charge in [0.1, 0.15) is 5.82 Å². The van der Waals surface area contributed by atoms with Gasteiger partial charge in [0.15, 0.2) is 5.82 Å². The minimum absolute atomic E-state index is 0.424. The normalized spacial score (nSPS) is 17.8. The van der Waals surface area contributed by atoms with Gasteiger partial charge in [-0.3, -0.25) is 4.68 Å². The van der Waals surface area contributed by atoms with Crippen LogP contribution in [0.3, 0.4) is 0 Å². The predicted octanol–water partition coefficient (Wildman–Crippen LogP) is 0.625. The van der Waals surface area contributed by atoms with E-state index in [0.29, 0.717) is 11.8 Å². The van der Waals surface area contributed by atoms with Gasteiger partial charge in [-0.1, -0.05) is 13.8 Å². The van der Waals surface area contributed by atoms with E-state index in [0.717, 1.165) is 24.7 Å². The molecule has 1 aliphatic heterocycles. The third-order valence-electron chi connectivity index (χ3n) is 2.48. The summed E-state index contributed by atoms with van der Waals surface area (Å²) in [7, 11) is 1.98. The third-order valence-corrected chi connectivity index (χ3v) is 2.48. The monoisotopic (exact) mass is 180 g/mol. The second-order valence-electron chi connectivity index (χ2n) is 3.96. The first kappa shape index (κ1) is 8.69. The maximum absolute atomic E-state index is 4.54. The first-order valence-corrected chi connectivity index (χ1v) is 4.80. The summed E-state index contributed by atoms with van der Waals surface area (Å²) in [6.07, 6.45) is 0. The molecular weight excluding hydrogens is 164 g/mol. The van der Waals surface area contributed by atoms with E-state index in [4.69, 9.17) is 0 Å². The lowest BCUT2D eigenvalue weighted by Gasteiger charge is -2.25. The fourth-order valence-electron chi connectivity index (χ4n) is 1.49. The van der Waals surface area contributed by atoms with Crippen LogP contribution in [0.1, 0.15) is 37.3 Å². The number of nitrogens with one attached hydrogen (secondary N) is 1. The molecule has 72 valence electrons. The van der Waals surface area contributed by atoms with Crippen LogP contribution in [0.25, 0.3) is 0 Å². The number of nitrogens with zero attached hydrogens (tertiary/aromatic N) is 3. The summed E-state index contributed by atoms with van der Waals surface area (Å²) in [6.45, 7) is 6.34. The average molecular weight is 180 g/mol. The summed E-state index contributed by atoms with van der Waals surface area (Å²) in [6, 6.07) is 0. The topological polar surface area (TPSA) is 42.7 Å². The lowest BCUT2D eigenvalue weighted by atomic mass is 10.0. The van der Waals surface area contributed by atoms with Gasteiger partial charge in [0.05, 0.1) is 0 Å². The molecule has 1 aliphatic rings. The lowest BCUT2D eigenvalue weighted by Crippen LogP contribution is -2.41. The summed E-state index contributed by atoms with van der Waals surface area (Å²) in [5.74, 6) is 3.09. The maximum atomic E-state index is 4.54. The highest BCUT2D eigenvalue weighted by molar-refractivity contribution is 5.07. The Kier molecular flexibility index (Phi) is 2.07. The van der Waals surface area contributed by atoms with Gasteiger partial charge < -0.3 is 5.32 Å². The van der Waals surface area contributed by atoms with Crippen LogP contribution in [0.15, 0.2) is 0 Å². The Morgan fingerprint density at radius 2 is 2.15 bits per heavy atom. The van der Waals surface area contributed by atoms with Crippen LogP contribution in [-0.4, -0.2) is 27.9 Å². The molecule has 0 spiro atoms. The van der Waals surface area contributed by atoms with Crippen molar-refractivity contribution < 1.29 is 0 Å². The smallest absolute Gasteiger partial charge is 0.153 e. The number of rotatable bonds is 2. The maximum Gasteiger partial charge on any atom is 0.153 e. The van der Waals surface area contributed by atoms with Gasteiger partial charge in [-0.25, -0.2) is 4.98 Å². The highest BCUT2D eigenvalue weighted by Crippen LogP contribution is 2.19. The van der Waals surface area contributed by atoms with Gasteiger partial charge in [-0.05, 0) is 0 Å². The molecule has 1 N–H and O–H groups in total. The van der Waals surface area contributed by atoms with Crippen molar-refractivity contribution in [1.82, 2.24) is 20.1 Å². The summed E-state index contributed by atoms with van der Waals surface area (Å²) in [4.78, 5) is 4.54. The van der Waals surface area contributed by atoms with Crippen molar-refractivity contribution in [3.05, 3.63) is 11.6 Å². The van der Waals surface area contributed by atoms with Crippen molar-refractivity contribution in [3.8, 4) is 0 Å². The molecule has 4 heteroatoms. The van der Waals surface area contributed by atoms with Crippen LogP contribution in [0.2, 0.25) is 0 Å². The number of hydrogen-bond donors (Lipinski definition) is 1. The van der Waals surface area contributed by atoms with Gasteiger partial charge in [0.2, 0.25) is 0 Å². The summed E-state index contributed by atoms with van der Waals surface area (Å²) in [5.41, 5.74) is 0. The van der Waals surface area contributed by atoms with Gasteiger partial charge in [0, 0.05) is 32.0 Å². The first-order valence-electron chi connectivity index (χ1n) is 4.80. The molecule has 0 bridgehead atoms. The molecule has 1 fully saturated rings. The molecule has 1 aromatic rings. The van der Waals surface area contributed by atoms with E-state index in [2.05, 4.69) is 29.2 Å². The summed E-state index contributed by atoms with van der Waals surface area (Å²) in [5, 5.41) is 7.64. The Balaban J connectivity index is 2.24. The molecule has 0 unspecified atom stereocenters. The molecule has 0 atom stereocenters. The van der Waals surface area contributed by atoms with E-state index in [1.165, 1.54) is 0 Å². The molecule has 2 rings (SSSR count). The fraction of sp³-hybridized carbons (Fsp3) is 0.778. The molecule has 0 aliphatic carbocycles. The van der Waals surface area contributed by atoms with E-state index >= 15 is 0 Å². The first-order chi connectivity index (χ1) is 6.18. The van der Waals surface area contributed by atoms with E-state index in [1.807, 2.05) is 11.7 Å². The van der Waals surface area contributed by atoms with Crippen LogP contribution < -0.4 is 5.32 Å². The fourth-order valence-corrected chi connectivity index (χ4v) is 1.49. The molecule has 13 heavy (non-hydrogen) atoms. The molecule has 2 heterocycles. The van der Waals surface area contributed by atoms with E-state index in [1.54, 1.807) is 0 Å². The van der Waals surface area contributed by atoms with Gasteiger partial charge in [0.25, 0.3) is 0 Å². The highest BCUT2D eigenvalue weighted by atomic mass is 15.3. The largest absolute Gasteiger partial charge is 0.315 e. The van der Waals surface area contributed by atoms with Crippen molar-refractivity contribution in [1.29, 1.82) is 0 Å². The SMILES string of the molecule is CC(C)c1nc(C2CNC2)n(C)n1. The van der Waals surface area contributed by atoms with Crippen LogP contribution in [-0.2, 0) is 7.05 Å². The number of aryl methyl sites for hydroxylation is 1. The lowest BCUT2D eigenvalue weighted by molar-refractivity contribution is 0.416. The molecular formula is C9H16N4. The minimum atomic E-state index is 0.424. The van der Waals surface area contributed by atoms with Crippen molar-refractivity contribution >= 4 is 0 Å². The van der Waals surface area contributed by atoms with Gasteiger partial charge in [-0.2, -0.15) is 5.10 Å². The van der Waals surface area contributed by atoms with Gasteiger partial charge >= 0.3 is 0 Å². The van der Waals surface area contributed by atoms with Crippen molar-refractivity contribution in [2.75, 3.05) is 13.1 Å². The Bertz CT molecular complexity index is 299. The molecule has 0 saturated carbocycles. The summed E-state index contributed by atoms with van der Waals surface area (Å²) < 4.78 is 1.92. The zero-order valence-corrected chi connectivity index (χ0v) is 8.41. The van der Waals surface area contributed by atoms with Gasteiger partial charge in [-0.15, -0.1) is 0 Å². The molecule has 0 amide bonds. The minimum Gasteiger partial charge on any atom is -0.315 e. The molecule has 1 aromatic heterocycles. The van der Waals surface area contributed by atoms with Crippen LogP contribution in [0.5, 0.6) is 0 Å². The predicted molar refractivity (Wildman–Crippen MR) is 50.7 cm³/mol. The second kappa shape index (κ2) is 3.10. The molecule has 1 saturated heterocycles.